The lowest BCUT2D eigenvalue weighted by atomic mass is 10.2. The van der Waals surface area contributed by atoms with Crippen LogP contribution in [0, 0.1) is 0 Å². The van der Waals surface area contributed by atoms with Crippen molar-refractivity contribution in [2.45, 2.75) is 0 Å². The number of nitrogens with zero attached hydrogens (tertiary/aromatic N) is 3. The van der Waals surface area contributed by atoms with Crippen LogP contribution >= 0.6 is 23.2 Å². The Labute approximate surface area is 107 Å². The van der Waals surface area contributed by atoms with Crippen LogP contribution in [0.25, 0.3) is 0 Å². The zero-order valence-corrected chi connectivity index (χ0v) is 9.90. The van der Waals surface area contributed by atoms with Gasteiger partial charge in [-0.1, -0.05) is 23.2 Å². The van der Waals surface area contributed by atoms with Gasteiger partial charge in [-0.3, -0.25) is 4.79 Å². The number of halogens is 2. The van der Waals surface area contributed by atoms with Crippen molar-refractivity contribution in [3.8, 4) is 0 Å². The number of pyridine rings is 1. The molecule has 5 nitrogen and oxygen atoms in total. The Balaban J connectivity index is 2.17. The van der Waals surface area contributed by atoms with Crippen molar-refractivity contribution in [3.63, 3.8) is 0 Å². The number of anilines is 1. The largest absolute Gasteiger partial charge is 0.306 e. The van der Waals surface area contributed by atoms with Gasteiger partial charge in [0.25, 0.3) is 5.91 Å². The van der Waals surface area contributed by atoms with E-state index in [1.54, 1.807) is 6.07 Å². The fraction of sp³-hybridized carbons (Fsp3) is 0. The van der Waals surface area contributed by atoms with Gasteiger partial charge < -0.3 is 5.32 Å². The number of hydrogen-bond donors (Lipinski definition) is 1. The van der Waals surface area contributed by atoms with E-state index in [0.717, 1.165) is 0 Å². The van der Waals surface area contributed by atoms with Crippen molar-refractivity contribution in [1.29, 1.82) is 0 Å². The summed E-state index contributed by atoms with van der Waals surface area (Å²) in [7, 11) is 0. The molecule has 0 aromatic carbocycles. The molecule has 0 radical (unpaired) electrons. The molecule has 0 unspecified atom stereocenters. The van der Waals surface area contributed by atoms with E-state index in [2.05, 4.69) is 20.3 Å². The first kappa shape index (κ1) is 11.8. The number of hydrogen-bond acceptors (Lipinski definition) is 4. The van der Waals surface area contributed by atoms with Gasteiger partial charge in [0.05, 0.1) is 0 Å². The Morgan fingerprint density at radius 3 is 2.59 bits per heavy atom. The van der Waals surface area contributed by atoms with Crippen LogP contribution < -0.4 is 5.32 Å². The molecule has 7 heteroatoms. The van der Waals surface area contributed by atoms with Gasteiger partial charge in [-0.15, -0.1) is 0 Å². The van der Waals surface area contributed by atoms with E-state index >= 15 is 0 Å². The van der Waals surface area contributed by atoms with Crippen molar-refractivity contribution in [1.82, 2.24) is 15.0 Å². The summed E-state index contributed by atoms with van der Waals surface area (Å²) in [5.41, 5.74) is 0.389. The normalized spacial score (nSPS) is 10.0. The van der Waals surface area contributed by atoms with Gasteiger partial charge in [0.15, 0.2) is 0 Å². The predicted molar refractivity (Wildman–Crippen MR) is 64.2 cm³/mol. The maximum atomic E-state index is 11.8. The molecule has 2 aromatic heterocycles. The first-order valence-corrected chi connectivity index (χ1v) is 5.31. The molecule has 2 rings (SSSR count). The lowest BCUT2D eigenvalue weighted by Crippen LogP contribution is -2.13. The molecule has 17 heavy (non-hydrogen) atoms. The molecule has 0 aliphatic rings. The second-order valence-electron chi connectivity index (χ2n) is 3.05. The minimum atomic E-state index is -0.343. The third-order valence-electron chi connectivity index (χ3n) is 1.86. The van der Waals surface area contributed by atoms with E-state index in [-0.39, 0.29) is 16.2 Å². The van der Waals surface area contributed by atoms with E-state index < -0.39 is 0 Å². The van der Waals surface area contributed by atoms with Crippen LogP contribution in [-0.4, -0.2) is 20.9 Å². The summed E-state index contributed by atoms with van der Waals surface area (Å²) in [5, 5.41) is 3.07. The molecule has 86 valence electrons. The highest BCUT2D eigenvalue weighted by Crippen LogP contribution is 2.12. The molecule has 0 aliphatic carbocycles. The molecule has 2 heterocycles. The monoisotopic (exact) mass is 268 g/mol. The molecule has 0 aliphatic heterocycles. The number of aromatic nitrogens is 3. The Bertz CT molecular complexity index is 562. The van der Waals surface area contributed by atoms with Crippen molar-refractivity contribution in [2.75, 3.05) is 5.32 Å². The van der Waals surface area contributed by atoms with E-state index in [4.69, 9.17) is 23.2 Å². The summed E-state index contributed by atoms with van der Waals surface area (Å²) in [4.78, 5) is 23.1. The maximum Gasteiger partial charge on any atom is 0.256 e. The lowest BCUT2D eigenvalue weighted by molar-refractivity contribution is 0.102. The summed E-state index contributed by atoms with van der Waals surface area (Å²) in [6.45, 7) is 0. The van der Waals surface area contributed by atoms with Crippen LogP contribution in [0.5, 0.6) is 0 Å². The second-order valence-corrected chi connectivity index (χ2v) is 3.82. The molecule has 0 saturated carbocycles. The van der Waals surface area contributed by atoms with E-state index in [9.17, 15) is 4.79 Å². The maximum absolute atomic E-state index is 11.8. The molecule has 0 atom stereocenters. The van der Waals surface area contributed by atoms with Crippen molar-refractivity contribution in [3.05, 3.63) is 46.6 Å². The van der Waals surface area contributed by atoms with Crippen LogP contribution in [-0.2, 0) is 0 Å². The van der Waals surface area contributed by atoms with Gasteiger partial charge in [-0.2, -0.15) is 0 Å². The Morgan fingerprint density at radius 2 is 1.88 bits per heavy atom. The molecule has 2 aromatic rings. The fourth-order valence-electron chi connectivity index (χ4n) is 1.13. The minimum absolute atomic E-state index is 0.248. The third-order valence-corrected chi connectivity index (χ3v) is 2.28. The van der Waals surface area contributed by atoms with Crippen molar-refractivity contribution in [2.24, 2.45) is 0 Å². The van der Waals surface area contributed by atoms with Gasteiger partial charge in [0.1, 0.15) is 22.5 Å². The lowest BCUT2D eigenvalue weighted by Gasteiger charge is -2.04. The van der Waals surface area contributed by atoms with Gasteiger partial charge in [-0.25, -0.2) is 15.0 Å². The molecular formula is C10H6Cl2N4O. The van der Waals surface area contributed by atoms with E-state index in [0.29, 0.717) is 11.4 Å². The van der Waals surface area contributed by atoms with Crippen LogP contribution in [0.4, 0.5) is 5.82 Å². The van der Waals surface area contributed by atoms with Crippen molar-refractivity contribution < 1.29 is 4.79 Å². The van der Waals surface area contributed by atoms with Crippen LogP contribution in [0.2, 0.25) is 10.3 Å². The highest BCUT2D eigenvalue weighted by molar-refractivity contribution is 6.30. The van der Waals surface area contributed by atoms with Gasteiger partial charge in [-0.05, 0) is 12.1 Å². The summed E-state index contributed by atoms with van der Waals surface area (Å²) in [6, 6.07) is 4.45. The topological polar surface area (TPSA) is 67.8 Å². The van der Waals surface area contributed by atoms with Crippen LogP contribution in [0.15, 0.2) is 30.7 Å². The first-order valence-electron chi connectivity index (χ1n) is 4.55. The van der Waals surface area contributed by atoms with Gasteiger partial charge >= 0.3 is 0 Å². The van der Waals surface area contributed by atoms with Crippen LogP contribution in [0.3, 0.4) is 0 Å². The summed E-state index contributed by atoms with van der Waals surface area (Å²) in [6.07, 6.45) is 2.71. The number of amides is 1. The Morgan fingerprint density at radius 1 is 1.12 bits per heavy atom. The molecule has 0 saturated heterocycles. The summed E-state index contributed by atoms with van der Waals surface area (Å²) < 4.78 is 0. The fourth-order valence-corrected chi connectivity index (χ4v) is 1.46. The number of nitrogens with one attached hydrogen (secondary N) is 1. The molecule has 0 bridgehead atoms. The third kappa shape index (κ3) is 3.12. The van der Waals surface area contributed by atoms with Crippen molar-refractivity contribution >= 4 is 34.9 Å². The quantitative estimate of drug-likeness (QED) is 0.671. The highest BCUT2D eigenvalue weighted by atomic mass is 35.5. The number of rotatable bonds is 2. The van der Waals surface area contributed by atoms with Gasteiger partial charge in [0.2, 0.25) is 0 Å². The smallest absolute Gasteiger partial charge is 0.256 e. The molecule has 0 fully saturated rings. The number of carbonyl (C=O) groups excluding carboxylic acids is 1. The molecular weight excluding hydrogens is 263 g/mol. The molecule has 0 spiro atoms. The van der Waals surface area contributed by atoms with E-state index in [1.165, 1.54) is 24.7 Å². The standard InChI is InChI=1S/C10H6Cl2N4O/c11-7-3-6(1-2-13-7)10(17)16-9-4-8(12)14-5-15-9/h1-5H,(H,14,15,16,17). The minimum Gasteiger partial charge on any atom is -0.306 e. The summed E-state index contributed by atoms with van der Waals surface area (Å²) in [5.74, 6) is -0.0213. The number of carbonyl (C=O) groups is 1. The average Bonchev–Trinajstić information content (AvgIpc) is 2.29. The molecule has 1 amide bonds. The van der Waals surface area contributed by atoms with Crippen LogP contribution in [0.1, 0.15) is 10.4 Å². The zero-order valence-electron chi connectivity index (χ0n) is 8.39. The Kier molecular flexibility index (Phi) is 3.51. The highest BCUT2D eigenvalue weighted by Gasteiger charge is 2.07. The van der Waals surface area contributed by atoms with Gasteiger partial charge in [0, 0.05) is 17.8 Å². The predicted octanol–water partition coefficient (Wildman–Crippen LogP) is 2.43. The average molecular weight is 269 g/mol. The second kappa shape index (κ2) is 5.07. The SMILES string of the molecule is O=C(Nc1cc(Cl)ncn1)c1ccnc(Cl)c1. The first-order chi connectivity index (χ1) is 8.15. The Hall–Kier alpha value is -1.72. The zero-order chi connectivity index (χ0) is 12.3. The van der Waals surface area contributed by atoms with E-state index in [1.807, 2.05) is 0 Å². The molecule has 1 N–H and O–H groups in total. The summed E-state index contributed by atoms with van der Waals surface area (Å²) >= 11 is 11.3.